The van der Waals surface area contributed by atoms with Gasteiger partial charge in [-0.3, -0.25) is 0 Å². The molecular formula is C24H28N5OS. The molecule has 3 aromatic rings. The van der Waals surface area contributed by atoms with Crippen LogP contribution in [0.2, 0.25) is 0 Å². The van der Waals surface area contributed by atoms with Gasteiger partial charge in [0.05, 0.1) is 23.4 Å². The molecule has 2 aromatic heterocycles. The van der Waals surface area contributed by atoms with Gasteiger partial charge in [-0.25, -0.2) is 15.0 Å². The number of piperazine rings is 1. The van der Waals surface area contributed by atoms with Crippen molar-refractivity contribution in [3.05, 3.63) is 42.4 Å². The minimum atomic E-state index is 0.530. The number of benzene rings is 1. The van der Waals surface area contributed by atoms with E-state index in [1.807, 2.05) is 18.3 Å². The monoisotopic (exact) mass is 434 g/mol. The molecule has 1 saturated carbocycles. The average molecular weight is 435 g/mol. The van der Waals surface area contributed by atoms with Crippen LogP contribution < -0.4 is 9.64 Å². The Morgan fingerprint density at radius 3 is 2.48 bits per heavy atom. The summed E-state index contributed by atoms with van der Waals surface area (Å²) >= 11 is 1.75. The molecule has 161 valence electrons. The lowest BCUT2D eigenvalue weighted by Gasteiger charge is -2.32. The lowest BCUT2D eigenvalue weighted by Crippen LogP contribution is -2.44. The second-order valence-electron chi connectivity index (χ2n) is 8.45. The average Bonchev–Trinajstić information content (AvgIpc) is 3.50. The van der Waals surface area contributed by atoms with Crippen LogP contribution in [0.1, 0.15) is 37.2 Å². The van der Waals surface area contributed by atoms with Crippen molar-refractivity contribution in [3.63, 3.8) is 0 Å². The third kappa shape index (κ3) is 4.16. The molecule has 0 N–H and O–H groups in total. The minimum Gasteiger partial charge on any atom is -0.497 e. The first-order valence-electron chi connectivity index (χ1n) is 11.0. The fourth-order valence-corrected chi connectivity index (χ4v) is 5.72. The highest BCUT2D eigenvalue weighted by Crippen LogP contribution is 2.45. The molecule has 31 heavy (non-hydrogen) atoms. The fourth-order valence-electron chi connectivity index (χ4n) is 4.57. The number of aromatic nitrogens is 3. The predicted octanol–water partition coefficient (Wildman–Crippen LogP) is 4.49. The summed E-state index contributed by atoms with van der Waals surface area (Å²) in [6, 6.07) is 8.17. The number of methoxy groups -OCH3 is 1. The van der Waals surface area contributed by atoms with Crippen molar-refractivity contribution in [2.45, 2.75) is 31.6 Å². The van der Waals surface area contributed by atoms with Crippen LogP contribution in [0.3, 0.4) is 0 Å². The van der Waals surface area contributed by atoms with Crippen molar-refractivity contribution in [2.24, 2.45) is 0 Å². The Hall–Kier alpha value is -2.51. The third-order valence-electron chi connectivity index (χ3n) is 6.46. The van der Waals surface area contributed by atoms with E-state index in [1.54, 1.807) is 18.4 Å². The predicted molar refractivity (Wildman–Crippen MR) is 125 cm³/mol. The molecule has 3 heterocycles. The molecule has 0 unspecified atom stereocenters. The van der Waals surface area contributed by atoms with Crippen molar-refractivity contribution in [1.29, 1.82) is 0 Å². The molecule has 0 atom stereocenters. The Morgan fingerprint density at radius 2 is 1.77 bits per heavy atom. The van der Waals surface area contributed by atoms with Crippen LogP contribution >= 0.6 is 11.3 Å². The first-order chi connectivity index (χ1) is 15.2. The zero-order chi connectivity index (χ0) is 21.2. The zero-order valence-electron chi connectivity index (χ0n) is 18.2. The van der Waals surface area contributed by atoms with Gasteiger partial charge in [0.1, 0.15) is 5.75 Å². The maximum atomic E-state index is 5.36. The largest absolute Gasteiger partial charge is 0.497 e. The first kappa shape index (κ1) is 20.4. The van der Waals surface area contributed by atoms with E-state index in [4.69, 9.17) is 9.72 Å². The normalized spacial score (nSPS) is 17.9. The quantitative estimate of drug-likeness (QED) is 0.590. The summed E-state index contributed by atoms with van der Waals surface area (Å²) in [6.45, 7) is 4.11. The standard InChI is InChI=1S/C24H28N5OS/c1-28-11-13-29(14-12-28)24-27-21(18-7-9-19(30-2)10-8-18)23(31-24)22-20(15-25-16-26-22)17-5-3-4-6-17/h7-10,15,17H,3-6,11-14H2,1-2H3. The summed E-state index contributed by atoms with van der Waals surface area (Å²) in [5.41, 5.74) is 4.33. The van der Waals surface area contributed by atoms with E-state index in [2.05, 4.69) is 45.3 Å². The highest BCUT2D eigenvalue weighted by molar-refractivity contribution is 7.19. The topological polar surface area (TPSA) is 54.4 Å². The lowest BCUT2D eigenvalue weighted by molar-refractivity contribution is 0.313. The van der Waals surface area contributed by atoms with Crippen molar-refractivity contribution in [3.8, 4) is 27.6 Å². The van der Waals surface area contributed by atoms with Crippen LogP contribution in [0.5, 0.6) is 5.75 Å². The summed E-state index contributed by atoms with van der Waals surface area (Å²) in [5.74, 6) is 1.38. The summed E-state index contributed by atoms with van der Waals surface area (Å²) in [5, 5.41) is 1.07. The number of rotatable bonds is 5. The number of anilines is 1. The number of hydrogen-bond donors (Lipinski definition) is 0. The number of thiazole rings is 1. The van der Waals surface area contributed by atoms with Crippen molar-refractivity contribution < 1.29 is 4.74 Å². The molecule has 7 heteroatoms. The molecule has 1 saturated heterocycles. The smallest absolute Gasteiger partial charge is 0.198 e. The van der Waals surface area contributed by atoms with Crippen LogP contribution in [0.15, 0.2) is 30.5 Å². The van der Waals surface area contributed by atoms with Gasteiger partial charge in [0.2, 0.25) is 0 Å². The Bertz CT molecular complexity index is 1020. The molecule has 1 radical (unpaired) electrons. The van der Waals surface area contributed by atoms with Crippen LogP contribution in [0.25, 0.3) is 21.8 Å². The molecule has 6 nitrogen and oxygen atoms in total. The van der Waals surface area contributed by atoms with Crippen molar-refractivity contribution in [2.75, 3.05) is 45.2 Å². The summed E-state index contributed by atoms with van der Waals surface area (Å²) in [7, 11) is 3.87. The molecule has 1 aromatic carbocycles. The van der Waals surface area contributed by atoms with Gasteiger partial charge in [-0.15, -0.1) is 0 Å². The van der Waals surface area contributed by atoms with E-state index >= 15 is 0 Å². The fraction of sp³-hybridized carbons (Fsp3) is 0.458. The van der Waals surface area contributed by atoms with Gasteiger partial charge in [0, 0.05) is 43.5 Å². The van der Waals surface area contributed by atoms with E-state index in [0.717, 1.165) is 58.9 Å². The number of ether oxygens (including phenoxy) is 1. The Morgan fingerprint density at radius 1 is 1.03 bits per heavy atom. The highest BCUT2D eigenvalue weighted by atomic mass is 32.1. The molecule has 2 aliphatic rings. The third-order valence-corrected chi connectivity index (χ3v) is 7.58. The van der Waals surface area contributed by atoms with Crippen LogP contribution in [-0.4, -0.2) is 60.2 Å². The minimum absolute atomic E-state index is 0.530. The Balaban J connectivity index is 1.60. The molecule has 0 bridgehead atoms. The lowest BCUT2D eigenvalue weighted by atomic mass is 9.96. The van der Waals surface area contributed by atoms with Gasteiger partial charge in [0.15, 0.2) is 11.5 Å². The van der Waals surface area contributed by atoms with Crippen LogP contribution in [0.4, 0.5) is 5.13 Å². The molecule has 2 fully saturated rings. The van der Waals surface area contributed by atoms with Gasteiger partial charge in [-0.1, -0.05) is 24.2 Å². The number of nitrogens with zero attached hydrogens (tertiary/aromatic N) is 5. The van der Waals surface area contributed by atoms with E-state index in [9.17, 15) is 0 Å². The summed E-state index contributed by atoms with van der Waals surface area (Å²) in [4.78, 5) is 20.0. The Labute approximate surface area is 187 Å². The maximum Gasteiger partial charge on any atom is 0.198 e. The maximum absolute atomic E-state index is 5.36. The van der Waals surface area contributed by atoms with Crippen molar-refractivity contribution >= 4 is 16.5 Å². The highest BCUT2D eigenvalue weighted by Gasteiger charge is 2.27. The molecule has 1 aliphatic carbocycles. The molecule has 0 amide bonds. The summed E-state index contributed by atoms with van der Waals surface area (Å²) in [6.07, 6.45) is 9.81. The molecular weight excluding hydrogens is 406 g/mol. The van der Waals surface area contributed by atoms with Gasteiger partial charge in [0.25, 0.3) is 0 Å². The van der Waals surface area contributed by atoms with E-state index < -0.39 is 0 Å². The molecule has 5 rings (SSSR count). The van der Waals surface area contributed by atoms with Gasteiger partial charge in [-0.05, 0) is 50.1 Å². The van der Waals surface area contributed by atoms with Gasteiger partial charge >= 0.3 is 0 Å². The van der Waals surface area contributed by atoms with Gasteiger partial charge in [-0.2, -0.15) is 0 Å². The van der Waals surface area contributed by atoms with E-state index in [-0.39, 0.29) is 0 Å². The number of likely N-dealkylation sites (N-methyl/N-ethyl adjacent to an activating group) is 1. The second kappa shape index (κ2) is 8.93. The molecule has 0 spiro atoms. The Kier molecular flexibility index (Phi) is 5.87. The first-order valence-corrected chi connectivity index (χ1v) is 11.9. The van der Waals surface area contributed by atoms with Crippen LogP contribution in [-0.2, 0) is 0 Å². The zero-order valence-corrected chi connectivity index (χ0v) is 19.0. The second-order valence-corrected chi connectivity index (χ2v) is 9.43. The van der Waals surface area contributed by atoms with Crippen LogP contribution in [0, 0.1) is 6.33 Å². The van der Waals surface area contributed by atoms with E-state index in [0.29, 0.717) is 5.92 Å². The number of hydrogen-bond acceptors (Lipinski definition) is 7. The van der Waals surface area contributed by atoms with Gasteiger partial charge < -0.3 is 14.5 Å². The molecule has 1 aliphatic heterocycles. The van der Waals surface area contributed by atoms with E-state index in [1.165, 1.54) is 31.2 Å². The van der Waals surface area contributed by atoms with Crippen molar-refractivity contribution in [1.82, 2.24) is 19.9 Å². The summed E-state index contributed by atoms with van der Waals surface area (Å²) < 4.78 is 5.36. The SMILES string of the molecule is COc1ccc(-c2nc(N3CCN(C)CC3)sc2-c2n[c]ncc2C2CCCC2)cc1.